The minimum atomic E-state index is 0.159. The summed E-state index contributed by atoms with van der Waals surface area (Å²) in [6.45, 7) is 4.68. The summed E-state index contributed by atoms with van der Waals surface area (Å²) >= 11 is 0. The summed E-state index contributed by atoms with van der Waals surface area (Å²) in [6.07, 6.45) is 3.08. The van der Waals surface area contributed by atoms with Crippen LogP contribution >= 0.6 is 0 Å². The Labute approximate surface area is 86.0 Å². The zero-order valence-electron chi connectivity index (χ0n) is 9.04. The van der Waals surface area contributed by atoms with Gasteiger partial charge in [-0.15, -0.1) is 0 Å². The van der Waals surface area contributed by atoms with Crippen LogP contribution in [0.2, 0.25) is 0 Å². The predicted molar refractivity (Wildman–Crippen MR) is 57.0 cm³/mol. The summed E-state index contributed by atoms with van der Waals surface area (Å²) in [7, 11) is 1.86. The molecule has 0 radical (unpaired) electrons. The average molecular weight is 199 g/mol. The van der Waals surface area contributed by atoms with Crippen molar-refractivity contribution in [1.29, 1.82) is 0 Å². The molecule has 1 amide bonds. The number of nitrogens with two attached hydrogens (primary N) is 1. The molecule has 82 valence electrons. The highest BCUT2D eigenvalue weighted by Gasteiger charge is 2.13. The fourth-order valence-corrected chi connectivity index (χ4v) is 1.74. The van der Waals surface area contributed by atoms with Crippen LogP contribution in [0.1, 0.15) is 19.3 Å². The largest absolute Gasteiger partial charge is 0.344 e. The Bertz CT molecular complexity index is 178. The minimum absolute atomic E-state index is 0.159. The standard InChI is InChI=1S/C10H21N3O/c1-12(10(14)4-5-11)8-9-13-6-2-3-7-13/h2-9,11H2,1H3. The number of hydrogen-bond acceptors (Lipinski definition) is 3. The Morgan fingerprint density at radius 2 is 2.07 bits per heavy atom. The number of likely N-dealkylation sites (tertiary alicyclic amines) is 1. The van der Waals surface area contributed by atoms with Crippen LogP contribution < -0.4 is 5.73 Å². The van der Waals surface area contributed by atoms with Gasteiger partial charge in [0, 0.05) is 33.1 Å². The molecule has 1 heterocycles. The van der Waals surface area contributed by atoms with Gasteiger partial charge in [-0.1, -0.05) is 0 Å². The molecule has 1 saturated heterocycles. The van der Waals surface area contributed by atoms with Crippen LogP contribution in [0.25, 0.3) is 0 Å². The van der Waals surface area contributed by atoms with Gasteiger partial charge >= 0.3 is 0 Å². The second-order valence-electron chi connectivity index (χ2n) is 3.90. The lowest BCUT2D eigenvalue weighted by atomic mass is 10.3. The second kappa shape index (κ2) is 5.98. The van der Waals surface area contributed by atoms with Crippen molar-refractivity contribution in [3.63, 3.8) is 0 Å². The zero-order chi connectivity index (χ0) is 10.4. The highest BCUT2D eigenvalue weighted by atomic mass is 16.2. The SMILES string of the molecule is CN(CCN1CCCC1)C(=O)CCN. The molecular weight excluding hydrogens is 178 g/mol. The molecular formula is C10H21N3O. The molecule has 0 aromatic rings. The lowest BCUT2D eigenvalue weighted by molar-refractivity contribution is -0.129. The maximum Gasteiger partial charge on any atom is 0.223 e. The molecule has 4 nitrogen and oxygen atoms in total. The van der Waals surface area contributed by atoms with E-state index >= 15 is 0 Å². The van der Waals surface area contributed by atoms with Gasteiger partial charge in [-0.3, -0.25) is 4.79 Å². The number of hydrogen-bond donors (Lipinski definition) is 1. The molecule has 4 heteroatoms. The number of likely N-dealkylation sites (N-methyl/N-ethyl adjacent to an activating group) is 1. The molecule has 2 N–H and O–H groups in total. The summed E-state index contributed by atoms with van der Waals surface area (Å²) in [5, 5.41) is 0. The smallest absolute Gasteiger partial charge is 0.223 e. The van der Waals surface area contributed by atoms with Crippen molar-refractivity contribution in [2.75, 3.05) is 39.8 Å². The second-order valence-corrected chi connectivity index (χ2v) is 3.90. The van der Waals surface area contributed by atoms with Crippen molar-refractivity contribution in [3.05, 3.63) is 0 Å². The Morgan fingerprint density at radius 3 is 2.64 bits per heavy atom. The first-order valence-electron chi connectivity index (χ1n) is 5.40. The van der Waals surface area contributed by atoms with Crippen molar-refractivity contribution >= 4 is 5.91 Å². The summed E-state index contributed by atoms with van der Waals surface area (Å²) in [5.41, 5.74) is 5.33. The van der Waals surface area contributed by atoms with E-state index < -0.39 is 0 Å². The molecule has 1 rings (SSSR count). The fourth-order valence-electron chi connectivity index (χ4n) is 1.74. The van der Waals surface area contributed by atoms with Crippen LogP contribution in [0.3, 0.4) is 0 Å². The Kier molecular flexibility index (Phi) is 4.90. The van der Waals surface area contributed by atoms with Crippen molar-refractivity contribution < 1.29 is 4.79 Å². The molecule has 0 aromatic carbocycles. The summed E-state index contributed by atoms with van der Waals surface area (Å²) in [4.78, 5) is 15.6. The van der Waals surface area contributed by atoms with E-state index in [2.05, 4.69) is 4.90 Å². The van der Waals surface area contributed by atoms with E-state index in [1.54, 1.807) is 4.90 Å². The summed E-state index contributed by atoms with van der Waals surface area (Å²) < 4.78 is 0. The molecule has 0 saturated carbocycles. The predicted octanol–water partition coefficient (Wildman–Crippen LogP) is -0.111. The molecule has 14 heavy (non-hydrogen) atoms. The van der Waals surface area contributed by atoms with Gasteiger partial charge in [0.05, 0.1) is 0 Å². The number of nitrogens with zero attached hydrogens (tertiary/aromatic N) is 2. The Morgan fingerprint density at radius 1 is 1.43 bits per heavy atom. The molecule has 0 bridgehead atoms. The van der Waals surface area contributed by atoms with Gasteiger partial charge in [0.25, 0.3) is 0 Å². The van der Waals surface area contributed by atoms with Gasteiger partial charge in [-0.25, -0.2) is 0 Å². The lowest BCUT2D eigenvalue weighted by Gasteiger charge is -2.21. The van der Waals surface area contributed by atoms with E-state index in [9.17, 15) is 4.79 Å². The number of rotatable bonds is 5. The van der Waals surface area contributed by atoms with Crippen LogP contribution in [0.5, 0.6) is 0 Å². The third-order valence-corrected chi connectivity index (χ3v) is 2.73. The normalized spacial score (nSPS) is 17.3. The van der Waals surface area contributed by atoms with E-state index in [-0.39, 0.29) is 5.91 Å². The van der Waals surface area contributed by atoms with E-state index in [0.29, 0.717) is 13.0 Å². The molecule has 0 aliphatic carbocycles. The summed E-state index contributed by atoms with van der Waals surface area (Å²) in [6, 6.07) is 0. The minimum Gasteiger partial charge on any atom is -0.344 e. The van der Waals surface area contributed by atoms with E-state index in [0.717, 1.165) is 13.1 Å². The zero-order valence-corrected chi connectivity index (χ0v) is 9.04. The van der Waals surface area contributed by atoms with Crippen LogP contribution in [-0.4, -0.2) is 55.5 Å². The molecule has 1 aliphatic rings. The molecule has 0 unspecified atom stereocenters. The maximum absolute atomic E-state index is 11.4. The van der Waals surface area contributed by atoms with E-state index in [1.165, 1.54) is 25.9 Å². The third kappa shape index (κ3) is 3.64. The van der Waals surface area contributed by atoms with Crippen LogP contribution in [0.15, 0.2) is 0 Å². The van der Waals surface area contributed by atoms with Crippen LogP contribution in [0.4, 0.5) is 0 Å². The number of carbonyl (C=O) groups is 1. The number of amides is 1. The number of carbonyl (C=O) groups excluding carboxylic acids is 1. The topological polar surface area (TPSA) is 49.6 Å². The van der Waals surface area contributed by atoms with Gasteiger partial charge in [0.15, 0.2) is 0 Å². The van der Waals surface area contributed by atoms with Crippen LogP contribution in [0, 0.1) is 0 Å². The molecule has 0 spiro atoms. The van der Waals surface area contributed by atoms with E-state index in [4.69, 9.17) is 5.73 Å². The first kappa shape index (κ1) is 11.5. The van der Waals surface area contributed by atoms with Gasteiger partial charge in [0.1, 0.15) is 0 Å². The quantitative estimate of drug-likeness (QED) is 0.672. The molecule has 0 atom stereocenters. The first-order chi connectivity index (χ1) is 6.74. The van der Waals surface area contributed by atoms with E-state index in [1.807, 2.05) is 7.05 Å². The van der Waals surface area contributed by atoms with Crippen LogP contribution in [-0.2, 0) is 4.79 Å². The van der Waals surface area contributed by atoms with Gasteiger partial charge in [0.2, 0.25) is 5.91 Å². The first-order valence-corrected chi connectivity index (χ1v) is 5.40. The molecule has 0 aromatic heterocycles. The Hall–Kier alpha value is -0.610. The highest BCUT2D eigenvalue weighted by Crippen LogP contribution is 2.06. The van der Waals surface area contributed by atoms with Crippen molar-refractivity contribution in [2.24, 2.45) is 5.73 Å². The van der Waals surface area contributed by atoms with Crippen molar-refractivity contribution in [2.45, 2.75) is 19.3 Å². The average Bonchev–Trinajstić information content (AvgIpc) is 2.67. The monoisotopic (exact) mass is 199 g/mol. The maximum atomic E-state index is 11.4. The van der Waals surface area contributed by atoms with Gasteiger partial charge in [-0.05, 0) is 25.9 Å². The Balaban J connectivity index is 2.13. The van der Waals surface area contributed by atoms with Crippen molar-refractivity contribution in [1.82, 2.24) is 9.80 Å². The van der Waals surface area contributed by atoms with Gasteiger partial charge in [-0.2, -0.15) is 0 Å². The van der Waals surface area contributed by atoms with Crippen molar-refractivity contribution in [3.8, 4) is 0 Å². The fraction of sp³-hybridized carbons (Fsp3) is 0.900. The highest BCUT2D eigenvalue weighted by molar-refractivity contribution is 5.75. The molecule has 1 fully saturated rings. The third-order valence-electron chi connectivity index (χ3n) is 2.73. The van der Waals surface area contributed by atoms with Gasteiger partial charge < -0.3 is 15.5 Å². The lowest BCUT2D eigenvalue weighted by Crippen LogP contribution is -2.35. The molecule has 1 aliphatic heterocycles. The summed E-state index contributed by atoms with van der Waals surface area (Å²) in [5.74, 6) is 0.159.